The first-order valence-corrected chi connectivity index (χ1v) is 6.86. The maximum Gasteiger partial charge on any atom is 0.218 e. The van der Waals surface area contributed by atoms with Gasteiger partial charge < -0.3 is 20.5 Å². The van der Waals surface area contributed by atoms with Gasteiger partial charge in [-0.15, -0.1) is 0 Å². The number of ether oxygens (including phenoxy) is 2. The predicted molar refractivity (Wildman–Crippen MR) is 68.2 cm³/mol. The number of rotatable bonds is 4. The number of amides is 1. The monoisotopic (exact) mass is 256 g/mol. The topological polar surface area (TPSA) is 73.6 Å². The molecule has 18 heavy (non-hydrogen) atoms. The fourth-order valence-corrected chi connectivity index (χ4v) is 3.02. The quantitative estimate of drug-likeness (QED) is 0.771. The van der Waals surface area contributed by atoms with Crippen molar-refractivity contribution in [2.45, 2.75) is 56.7 Å². The van der Waals surface area contributed by atoms with Crippen molar-refractivity contribution in [2.75, 3.05) is 19.8 Å². The Morgan fingerprint density at radius 3 is 2.83 bits per heavy atom. The van der Waals surface area contributed by atoms with Crippen molar-refractivity contribution in [1.82, 2.24) is 5.32 Å². The van der Waals surface area contributed by atoms with E-state index in [4.69, 9.17) is 15.2 Å². The Hall–Kier alpha value is -0.650. The van der Waals surface area contributed by atoms with Gasteiger partial charge in [0.2, 0.25) is 5.91 Å². The van der Waals surface area contributed by atoms with Gasteiger partial charge in [0.05, 0.1) is 5.60 Å². The van der Waals surface area contributed by atoms with Crippen LogP contribution in [0.3, 0.4) is 0 Å². The molecule has 2 heterocycles. The van der Waals surface area contributed by atoms with Crippen molar-refractivity contribution in [3.8, 4) is 0 Å². The molecule has 104 valence electrons. The summed E-state index contributed by atoms with van der Waals surface area (Å²) in [6.07, 6.45) is 4.38. The molecule has 5 heteroatoms. The van der Waals surface area contributed by atoms with E-state index >= 15 is 0 Å². The molecule has 2 aliphatic rings. The van der Waals surface area contributed by atoms with Crippen LogP contribution < -0.4 is 11.1 Å². The largest absolute Gasteiger partial charge is 0.381 e. The number of nitrogens with one attached hydrogen (secondary N) is 1. The SMILES string of the molecule is CC(CC(N)=O)NC1CCOC2(CCOCC2)C1. The van der Waals surface area contributed by atoms with Crippen molar-refractivity contribution >= 4 is 5.91 Å². The number of hydrogen-bond donors (Lipinski definition) is 2. The van der Waals surface area contributed by atoms with Crippen LogP contribution in [0.25, 0.3) is 0 Å². The molecule has 0 aromatic rings. The molecule has 2 unspecified atom stereocenters. The van der Waals surface area contributed by atoms with Gasteiger partial charge in [0.15, 0.2) is 0 Å². The minimum absolute atomic E-state index is 0.000605. The molecule has 2 rings (SSSR count). The molecule has 1 amide bonds. The third-order valence-electron chi connectivity index (χ3n) is 3.92. The molecule has 0 bridgehead atoms. The van der Waals surface area contributed by atoms with Crippen molar-refractivity contribution in [1.29, 1.82) is 0 Å². The van der Waals surface area contributed by atoms with Crippen molar-refractivity contribution in [3.05, 3.63) is 0 Å². The van der Waals surface area contributed by atoms with Gasteiger partial charge in [0, 0.05) is 38.3 Å². The van der Waals surface area contributed by atoms with E-state index < -0.39 is 0 Å². The van der Waals surface area contributed by atoms with Crippen LogP contribution in [-0.2, 0) is 14.3 Å². The molecule has 0 aromatic carbocycles. The zero-order valence-corrected chi connectivity index (χ0v) is 11.1. The average Bonchev–Trinajstić information content (AvgIpc) is 2.28. The maximum absolute atomic E-state index is 10.9. The van der Waals surface area contributed by atoms with Gasteiger partial charge in [-0.25, -0.2) is 0 Å². The van der Waals surface area contributed by atoms with Gasteiger partial charge in [-0.05, 0) is 32.6 Å². The second-order valence-electron chi connectivity index (χ2n) is 5.57. The molecule has 2 saturated heterocycles. The molecule has 0 saturated carbocycles. The molecule has 2 atom stereocenters. The van der Waals surface area contributed by atoms with Crippen LogP contribution in [0.15, 0.2) is 0 Å². The first-order valence-electron chi connectivity index (χ1n) is 6.86. The Labute approximate surface area is 108 Å². The highest BCUT2D eigenvalue weighted by Crippen LogP contribution is 2.34. The lowest BCUT2D eigenvalue weighted by Crippen LogP contribution is -2.51. The van der Waals surface area contributed by atoms with Crippen LogP contribution in [0.1, 0.15) is 39.0 Å². The maximum atomic E-state index is 10.9. The van der Waals surface area contributed by atoms with Gasteiger partial charge in [-0.3, -0.25) is 4.79 Å². The van der Waals surface area contributed by atoms with E-state index in [0.717, 1.165) is 45.5 Å². The molecule has 2 fully saturated rings. The zero-order chi connectivity index (χ0) is 13.0. The van der Waals surface area contributed by atoms with E-state index in [9.17, 15) is 4.79 Å². The Morgan fingerprint density at radius 2 is 2.17 bits per heavy atom. The zero-order valence-electron chi connectivity index (χ0n) is 11.1. The molecule has 0 radical (unpaired) electrons. The van der Waals surface area contributed by atoms with E-state index in [1.807, 2.05) is 6.92 Å². The third-order valence-corrected chi connectivity index (χ3v) is 3.92. The van der Waals surface area contributed by atoms with Crippen LogP contribution in [0.5, 0.6) is 0 Å². The Morgan fingerprint density at radius 1 is 1.44 bits per heavy atom. The molecule has 2 aliphatic heterocycles. The lowest BCUT2D eigenvalue weighted by molar-refractivity contribution is -0.140. The van der Waals surface area contributed by atoms with Crippen molar-refractivity contribution in [3.63, 3.8) is 0 Å². The Kier molecular flexibility index (Phi) is 4.59. The molecule has 5 nitrogen and oxygen atoms in total. The van der Waals surface area contributed by atoms with Crippen LogP contribution in [0.4, 0.5) is 0 Å². The summed E-state index contributed by atoms with van der Waals surface area (Å²) in [5, 5.41) is 3.50. The van der Waals surface area contributed by atoms with Crippen LogP contribution >= 0.6 is 0 Å². The van der Waals surface area contributed by atoms with E-state index in [1.165, 1.54) is 0 Å². The van der Waals surface area contributed by atoms with Gasteiger partial charge >= 0.3 is 0 Å². The number of primary amides is 1. The lowest BCUT2D eigenvalue weighted by atomic mass is 9.84. The summed E-state index contributed by atoms with van der Waals surface area (Å²) in [5.74, 6) is -0.247. The number of carbonyl (C=O) groups excluding carboxylic acids is 1. The van der Waals surface area contributed by atoms with Crippen LogP contribution in [0.2, 0.25) is 0 Å². The first kappa shape index (κ1) is 13.8. The Bertz CT molecular complexity index is 284. The van der Waals surface area contributed by atoms with E-state index in [1.54, 1.807) is 0 Å². The highest BCUT2D eigenvalue weighted by Gasteiger charge is 2.39. The van der Waals surface area contributed by atoms with Crippen molar-refractivity contribution in [2.24, 2.45) is 5.73 Å². The summed E-state index contributed by atoms with van der Waals surface area (Å²) in [4.78, 5) is 10.9. The minimum atomic E-state index is -0.247. The highest BCUT2D eigenvalue weighted by atomic mass is 16.5. The van der Waals surface area contributed by atoms with Gasteiger partial charge in [-0.1, -0.05) is 0 Å². The summed E-state index contributed by atoms with van der Waals surface area (Å²) in [6.45, 7) is 4.39. The third kappa shape index (κ3) is 3.67. The van der Waals surface area contributed by atoms with E-state index in [-0.39, 0.29) is 17.6 Å². The fourth-order valence-electron chi connectivity index (χ4n) is 3.02. The van der Waals surface area contributed by atoms with Gasteiger partial charge in [0.1, 0.15) is 0 Å². The first-order chi connectivity index (χ1) is 8.60. The second kappa shape index (κ2) is 5.99. The predicted octanol–water partition coefficient (Wildman–Crippen LogP) is 0.568. The summed E-state index contributed by atoms with van der Waals surface area (Å²) in [7, 11) is 0. The lowest BCUT2D eigenvalue weighted by Gasteiger charge is -2.44. The second-order valence-corrected chi connectivity index (χ2v) is 5.57. The number of hydrogen-bond acceptors (Lipinski definition) is 4. The van der Waals surface area contributed by atoms with E-state index in [2.05, 4.69) is 5.32 Å². The Balaban J connectivity index is 1.84. The fraction of sp³-hybridized carbons (Fsp3) is 0.923. The summed E-state index contributed by atoms with van der Waals surface area (Å²) < 4.78 is 11.4. The van der Waals surface area contributed by atoms with E-state index in [0.29, 0.717) is 12.5 Å². The molecular weight excluding hydrogens is 232 g/mol. The van der Waals surface area contributed by atoms with Crippen LogP contribution in [0, 0.1) is 0 Å². The molecule has 1 spiro atoms. The normalized spacial score (nSPS) is 29.1. The summed E-state index contributed by atoms with van der Waals surface area (Å²) in [6, 6.07) is 0.564. The highest BCUT2D eigenvalue weighted by molar-refractivity contribution is 5.74. The van der Waals surface area contributed by atoms with Crippen LogP contribution in [-0.4, -0.2) is 43.4 Å². The summed E-state index contributed by atoms with van der Waals surface area (Å²) in [5.41, 5.74) is 5.22. The minimum Gasteiger partial charge on any atom is -0.381 e. The molecule has 0 aromatic heterocycles. The standard InChI is InChI=1S/C13H24N2O3/c1-10(8-12(14)16)15-11-2-5-18-13(9-11)3-6-17-7-4-13/h10-11,15H,2-9H2,1H3,(H2,14,16). The molecule has 0 aliphatic carbocycles. The smallest absolute Gasteiger partial charge is 0.218 e. The molecule has 3 N–H and O–H groups in total. The number of nitrogens with two attached hydrogens (primary N) is 1. The molecular formula is C13H24N2O3. The van der Waals surface area contributed by atoms with Gasteiger partial charge in [0.25, 0.3) is 0 Å². The van der Waals surface area contributed by atoms with Gasteiger partial charge in [-0.2, -0.15) is 0 Å². The van der Waals surface area contributed by atoms with Crippen molar-refractivity contribution < 1.29 is 14.3 Å². The summed E-state index contributed by atoms with van der Waals surface area (Å²) >= 11 is 0. The number of carbonyl (C=O) groups is 1. The average molecular weight is 256 g/mol.